The van der Waals surface area contributed by atoms with E-state index in [9.17, 15) is 9.59 Å². The van der Waals surface area contributed by atoms with Gasteiger partial charge in [0, 0.05) is 18.4 Å². The van der Waals surface area contributed by atoms with Crippen LogP contribution in [-0.4, -0.2) is 36.3 Å². The molecule has 4 nitrogen and oxygen atoms in total. The molecule has 0 radical (unpaired) electrons. The number of rotatable bonds is 0. The minimum absolute atomic E-state index is 0.0404. The minimum atomic E-state index is -0.0974. The number of likely N-dealkylation sites (tertiary alicyclic amines) is 1. The first kappa shape index (κ1) is 11.6. The average Bonchev–Trinajstić information content (AvgIpc) is 2.20. The van der Waals surface area contributed by atoms with E-state index in [4.69, 9.17) is 0 Å². The summed E-state index contributed by atoms with van der Waals surface area (Å²) in [6.45, 7) is 5.11. The van der Waals surface area contributed by atoms with E-state index in [1.54, 1.807) is 0 Å². The smallest absolute Gasteiger partial charge is 0.229 e. The molecule has 0 aromatic carbocycles. The van der Waals surface area contributed by atoms with Gasteiger partial charge in [-0.3, -0.25) is 14.9 Å². The van der Waals surface area contributed by atoms with Crippen LogP contribution in [0.3, 0.4) is 0 Å². The highest BCUT2D eigenvalue weighted by Crippen LogP contribution is 2.45. The van der Waals surface area contributed by atoms with Crippen LogP contribution < -0.4 is 5.32 Å². The SMILES string of the molecule is CC1CC2(CCN1C)CC(=O)NC(=O)C2C. The summed E-state index contributed by atoms with van der Waals surface area (Å²) in [6, 6.07) is 0.454. The third-order valence-corrected chi connectivity index (χ3v) is 4.50. The average molecular weight is 224 g/mol. The highest BCUT2D eigenvalue weighted by atomic mass is 16.2. The van der Waals surface area contributed by atoms with Crippen molar-refractivity contribution in [3.63, 3.8) is 0 Å². The van der Waals surface area contributed by atoms with Gasteiger partial charge in [0.15, 0.2) is 0 Å². The van der Waals surface area contributed by atoms with Crippen molar-refractivity contribution in [2.45, 2.75) is 39.2 Å². The zero-order valence-electron chi connectivity index (χ0n) is 10.2. The quantitative estimate of drug-likeness (QED) is 0.618. The minimum Gasteiger partial charge on any atom is -0.304 e. The van der Waals surface area contributed by atoms with E-state index in [-0.39, 0.29) is 23.1 Å². The standard InChI is InChI=1S/C12H20N2O2/c1-8-6-12(4-5-14(8)3)7-10(15)13-11(16)9(12)2/h8-9H,4-7H2,1-3H3,(H,13,15,16). The molecule has 4 heteroatoms. The summed E-state index contributed by atoms with van der Waals surface area (Å²) in [5, 5.41) is 2.44. The van der Waals surface area contributed by atoms with Crippen LogP contribution in [0, 0.1) is 11.3 Å². The van der Waals surface area contributed by atoms with Crippen molar-refractivity contribution in [3.05, 3.63) is 0 Å². The third kappa shape index (κ3) is 1.75. The fourth-order valence-electron chi connectivity index (χ4n) is 3.06. The van der Waals surface area contributed by atoms with Crippen molar-refractivity contribution in [1.29, 1.82) is 0 Å². The largest absolute Gasteiger partial charge is 0.304 e. The Balaban J connectivity index is 2.22. The number of hydrogen-bond donors (Lipinski definition) is 1. The van der Waals surface area contributed by atoms with Gasteiger partial charge in [0.1, 0.15) is 0 Å². The van der Waals surface area contributed by atoms with Crippen molar-refractivity contribution in [2.24, 2.45) is 11.3 Å². The second kappa shape index (κ2) is 3.84. The Morgan fingerprint density at radius 2 is 2.06 bits per heavy atom. The van der Waals surface area contributed by atoms with E-state index >= 15 is 0 Å². The molecule has 3 atom stereocenters. The molecule has 0 saturated carbocycles. The van der Waals surface area contributed by atoms with Gasteiger partial charge in [0.2, 0.25) is 11.8 Å². The molecule has 3 unspecified atom stereocenters. The Labute approximate surface area is 96.4 Å². The third-order valence-electron chi connectivity index (χ3n) is 4.50. The van der Waals surface area contributed by atoms with E-state index < -0.39 is 0 Å². The second-order valence-electron chi connectivity index (χ2n) is 5.46. The predicted octanol–water partition coefficient (Wildman–Crippen LogP) is 0.770. The van der Waals surface area contributed by atoms with Gasteiger partial charge < -0.3 is 4.90 Å². The van der Waals surface area contributed by atoms with Crippen molar-refractivity contribution in [3.8, 4) is 0 Å². The maximum atomic E-state index is 11.7. The molecule has 0 aromatic heterocycles. The molecule has 2 aliphatic heterocycles. The van der Waals surface area contributed by atoms with Crippen molar-refractivity contribution >= 4 is 11.8 Å². The maximum Gasteiger partial charge on any atom is 0.229 e. The lowest BCUT2D eigenvalue weighted by Crippen LogP contribution is -2.56. The van der Waals surface area contributed by atoms with Gasteiger partial charge in [-0.05, 0) is 38.8 Å². The molecule has 1 spiro atoms. The summed E-state index contributed by atoms with van der Waals surface area (Å²) in [6.07, 6.45) is 2.41. The van der Waals surface area contributed by atoms with E-state index in [0.29, 0.717) is 12.5 Å². The normalized spacial score (nSPS) is 41.2. The summed E-state index contributed by atoms with van der Waals surface area (Å²) in [5.41, 5.74) is -0.0919. The molecular weight excluding hydrogens is 204 g/mol. The highest BCUT2D eigenvalue weighted by Gasteiger charge is 2.48. The van der Waals surface area contributed by atoms with Crippen LogP contribution in [0.15, 0.2) is 0 Å². The van der Waals surface area contributed by atoms with E-state index in [1.165, 1.54) is 0 Å². The van der Waals surface area contributed by atoms with E-state index in [2.05, 4.69) is 24.2 Å². The monoisotopic (exact) mass is 224 g/mol. The number of nitrogens with one attached hydrogen (secondary N) is 1. The molecule has 2 heterocycles. The van der Waals surface area contributed by atoms with Crippen LogP contribution in [-0.2, 0) is 9.59 Å². The van der Waals surface area contributed by atoms with Crippen LogP contribution in [0.25, 0.3) is 0 Å². The first-order chi connectivity index (χ1) is 7.44. The molecule has 16 heavy (non-hydrogen) atoms. The van der Waals surface area contributed by atoms with Crippen LogP contribution >= 0.6 is 0 Å². The number of hydrogen-bond acceptors (Lipinski definition) is 3. The molecule has 2 amide bonds. The molecule has 0 bridgehead atoms. The Morgan fingerprint density at radius 3 is 2.69 bits per heavy atom. The number of amides is 2. The lowest BCUT2D eigenvalue weighted by molar-refractivity contribution is -0.146. The summed E-state index contributed by atoms with van der Waals surface area (Å²) in [5.74, 6) is -0.228. The number of imide groups is 1. The first-order valence-corrected chi connectivity index (χ1v) is 5.98. The topological polar surface area (TPSA) is 49.4 Å². The molecule has 2 rings (SSSR count). The van der Waals surface area contributed by atoms with Gasteiger partial charge in [0.05, 0.1) is 0 Å². The van der Waals surface area contributed by atoms with Crippen LogP contribution in [0.1, 0.15) is 33.1 Å². The number of nitrogens with zero attached hydrogens (tertiary/aromatic N) is 1. The zero-order valence-corrected chi connectivity index (χ0v) is 10.2. The fraction of sp³-hybridized carbons (Fsp3) is 0.833. The van der Waals surface area contributed by atoms with Gasteiger partial charge in [-0.25, -0.2) is 0 Å². The van der Waals surface area contributed by atoms with Gasteiger partial charge in [-0.15, -0.1) is 0 Å². The molecule has 0 aliphatic carbocycles. The molecular formula is C12H20N2O2. The fourth-order valence-corrected chi connectivity index (χ4v) is 3.06. The molecule has 1 N–H and O–H groups in total. The van der Waals surface area contributed by atoms with Crippen LogP contribution in [0.2, 0.25) is 0 Å². The van der Waals surface area contributed by atoms with Crippen molar-refractivity contribution in [2.75, 3.05) is 13.6 Å². The summed E-state index contributed by atoms with van der Waals surface area (Å²) < 4.78 is 0. The Morgan fingerprint density at radius 1 is 1.38 bits per heavy atom. The van der Waals surface area contributed by atoms with E-state index in [1.807, 2.05) is 6.92 Å². The second-order valence-corrected chi connectivity index (χ2v) is 5.46. The zero-order chi connectivity index (χ0) is 11.9. The highest BCUT2D eigenvalue weighted by molar-refractivity contribution is 5.99. The molecule has 2 fully saturated rings. The molecule has 0 aromatic rings. The van der Waals surface area contributed by atoms with Gasteiger partial charge >= 0.3 is 0 Å². The molecule has 2 aliphatic rings. The van der Waals surface area contributed by atoms with Crippen molar-refractivity contribution in [1.82, 2.24) is 10.2 Å². The number of carbonyl (C=O) groups is 2. The summed E-state index contributed by atoms with van der Waals surface area (Å²) in [7, 11) is 2.10. The lowest BCUT2D eigenvalue weighted by atomic mass is 9.63. The van der Waals surface area contributed by atoms with Crippen molar-refractivity contribution < 1.29 is 9.59 Å². The Hall–Kier alpha value is -0.900. The molecule has 90 valence electrons. The van der Waals surface area contributed by atoms with Gasteiger partial charge in [-0.2, -0.15) is 0 Å². The Bertz CT molecular complexity index is 329. The van der Waals surface area contributed by atoms with Crippen LogP contribution in [0.5, 0.6) is 0 Å². The van der Waals surface area contributed by atoms with E-state index in [0.717, 1.165) is 19.4 Å². The van der Waals surface area contributed by atoms with Crippen LogP contribution in [0.4, 0.5) is 0 Å². The number of piperidine rings is 2. The Kier molecular flexibility index (Phi) is 2.78. The maximum absolute atomic E-state index is 11.7. The van der Waals surface area contributed by atoms with Gasteiger partial charge in [-0.1, -0.05) is 6.92 Å². The van der Waals surface area contributed by atoms with Gasteiger partial charge in [0.25, 0.3) is 0 Å². The summed E-state index contributed by atoms with van der Waals surface area (Å²) >= 11 is 0. The summed E-state index contributed by atoms with van der Waals surface area (Å²) in [4.78, 5) is 25.6. The predicted molar refractivity (Wildman–Crippen MR) is 60.7 cm³/mol. The first-order valence-electron chi connectivity index (χ1n) is 5.98. The molecule has 2 saturated heterocycles. The lowest BCUT2D eigenvalue weighted by Gasteiger charge is -2.48. The number of carbonyl (C=O) groups excluding carboxylic acids is 2.